The van der Waals surface area contributed by atoms with E-state index in [4.69, 9.17) is 9.97 Å². The lowest BCUT2D eigenvalue weighted by molar-refractivity contribution is 0.372. The van der Waals surface area contributed by atoms with Crippen LogP contribution in [-0.2, 0) is 12.8 Å². The Balaban J connectivity index is 1.44. The predicted octanol–water partition coefficient (Wildman–Crippen LogP) is 7.22. The molecule has 1 unspecified atom stereocenters. The van der Waals surface area contributed by atoms with Crippen LogP contribution >= 0.6 is 0 Å². The van der Waals surface area contributed by atoms with Gasteiger partial charge in [-0.05, 0) is 104 Å². The van der Waals surface area contributed by atoms with Gasteiger partial charge in [-0.25, -0.2) is 4.98 Å². The first-order valence-corrected chi connectivity index (χ1v) is 12.7. The summed E-state index contributed by atoms with van der Waals surface area (Å²) in [4.78, 5) is 13.7. The maximum Gasteiger partial charge on any atom is 0.0658 e. The molecule has 3 heteroatoms. The van der Waals surface area contributed by atoms with Gasteiger partial charge in [0.25, 0.3) is 0 Å². The molecule has 2 aliphatic heterocycles. The van der Waals surface area contributed by atoms with Crippen molar-refractivity contribution in [3.8, 4) is 0 Å². The molecule has 0 spiro atoms. The molecule has 4 heterocycles. The molecule has 1 saturated carbocycles. The first kappa shape index (κ1) is 20.0. The van der Waals surface area contributed by atoms with Crippen molar-refractivity contribution in [2.45, 2.75) is 50.4 Å². The highest BCUT2D eigenvalue weighted by Gasteiger charge is 2.39. The molecule has 1 N–H and O–H groups in total. The van der Waals surface area contributed by atoms with Crippen molar-refractivity contribution in [1.29, 1.82) is 0 Å². The van der Waals surface area contributed by atoms with Gasteiger partial charge in [0.1, 0.15) is 0 Å². The molecule has 0 aromatic carbocycles. The minimum absolute atomic E-state index is 0.481. The quantitative estimate of drug-likeness (QED) is 0.398. The van der Waals surface area contributed by atoms with Crippen LogP contribution in [0.2, 0.25) is 0 Å². The molecule has 7 rings (SSSR count). The van der Waals surface area contributed by atoms with E-state index in [-0.39, 0.29) is 0 Å². The highest BCUT2D eigenvalue weighted by Crippen LogP contribution is 2.52. The van der Waals surface area contributed by atoms with E-state index in [0.717, 1.165) is 41.7 Å². The lowest BCUT2D eigenvalue weighted by Gasteiger charge is -2.35. The van der Waals surface area contributed by atoms with Crippen LogP contribution in [0.1, 0.15) is 71.4 Å². The molecule has 2 aromatic rings. The van der Waals surface area contributed by atoms with Crippen molar-refractivity contribution in [1.82, 2.24) is 15.0 Å². The Hall–Kier alpha value is -3.46. The molecule has 3 atom stereocenters. The maximum atomic E-state index is 5.28. The summed E-state index contributed by atoms with van der Waals surface area (Å²) in [6.07, 6.45) is 18.1. The van der Waals surface area contributed by atoms with Gasteiger partial charge >= 0.3 is 0 Å². The van der Waals surface area contributed by atoms with Crippen molar-refractivity contribution in [2.75, 3.05) is 0 Å². The molecular weight excluding hydrogens is 414 g/mol. The van der Waals surface area contributed by atoms with E-state index in [1.807, 2.05) is 0 Å². The second-order valence-electron chi connectivity index (χ2n) is 10.3. The average molecular weight is 444 g/mol. The summed E-state index contributed by atoms with van der Waals surface area (Å²) in [5.41, 5.74) is 11.1. The van der Waals surface area contributed by atoms with Gasteiger partial charge in [-0.1, -0.05) is 35.9 Å². The number of nitrogens with one attached hydrogen (secondary N) is 1. The van der Waals surface area contributed by atoms with Crippen LogP contribution < -0.4 is 0 Å². The van der Waals surface area contributed by atoms with Crippen LogP contribution in [0.5, 0.6) is 0 Å². The van der Waals surface area contributed by atoms with Crippen molar-refractivity contribution < 1.29 is 0 Å². The van der Waals surface area contributed by atoms with Gasteiger partial charge in [0.05, 0.1) is 11.4 Å². The lowest BCUT2D eigenvalue weighted by atomic mass is 9.68. The van der Waals surface area contributed by atoms with E-state index in [9.17, 15) is 0 Å². The summed E-state index contributed by atoms with van der Waals surface area (Å²) in [5, 5.41) is 0. The van der Waals surface area contributed by atoms with Gasteiger partial charge in [0.15, 0.2) is 0 Å². The van der Waals surface area contributed by atoms with E-state index in [0.29, 0.717) is 17.8 Å². The molecule has 34 heavy (non-hydrogen) atoms. The molecule has 1 fully saturated rings. The highest BCUT2D eigenvalue weighted by molar-refractivity contribution is 5.73. The van der Waals surface area contributed by atoms with Crippen LogP contribution in [0.25, 0.3) is 23.2 Å². The van der Waals surface area contributed by atoms with Crippen molar-refractivity contribution in [3.63, 3.8) is 0 Å². The summed E-state index contributed by atoms with van der Waals surface area (Å²) < 4.78 is 0. The van der Waals surface area contributed by atoms with E-state index in [1.54, 1.807) is 5.57 Å². The highest BCUT2D eigenvalue weighted by atomic mass is 14.8. The number of allylic oxidation sites excluding steroid dienone is 4. The summed E-state index contributed by atoms with van der Waals surface area (Å²) in [5.74, 6) is 1.63. The fourth-order valence-electron chi connectivity index (χ4n) is 6.27. The summed E-state index contributed by atoms with van der Waals surface area (Å²) in [6.45, 7) is 0. The number of fused-ring (bicyclic) bond motifs is 13. The third kappa shape index (κ3) is 3.69. The third-order valence-electron chi connectivity index (χ3n) is 8.02. The monoisotopic (exact) mass is 443 g/mol. The average Bonchev–Trinajstić information content (AvgIpc) is 3.51. The van der Waals surface area contributed by atoms with Gasteiger partial charge in [-0.2, -0.15) is 0 Å². The van der Waals surface area contributed by atoms with E-state index < -0.39 is 0 Å². The first-order chi connectivity index (χ1) is 16.8. The van der Waals surface area contributed by atoms with Gasteiger partial charge in [-0.15, -0.1) is 0 Å². The first-order valence-electron chi connectivity index (χ1n) is 12.7. The second kappa shape index (κ2) is 8.09. The fourth-order valence-corrected chi connectivity index (χ4v) is 6.27. The summed E-state index contributed by atoms with van der Waals surface area (Å²) in [7, 11) is 0. The molecule has 0 saturated heterocycles. The Labute approximate surface area is 200 Å². The Morgan fingerprint density at radius 3 is 2.41 bits per heavy atom. The topological polar surface area (TPSA) is 41.6 Å². The van der Waals surface area contributed by atoms with Crippen molar-refractivity contribution in [2.24, 2.45) is 5.92 Å². The number of aryl methyl sites for hydroxylation is 2. The van der Waals surface area contributed by atoms with Crippen molar-refractivity contribution >= 4 is 23.2 Å². The van der Waals surface area contributed by atoms with Crippen LogP contribution in [0.3, 0.4) is 0 Å². The molecule has 2 aromatic heterocycles. The van der Waals surface area contributed by atoms with Crippen LogP contribution in [0, 0.1) is 5.92 Å². The SMILES string of the molecule is C1=CCC2C[C@@H]3c4cc5nc(cc6ccc(cc7ccc(cc(n4)[C@@H]3CC2=C1)CCC7)[nH]6)C=C5. The molecule has 0 amide bonds. The van der Waals surface area contributed by atoms with Gasteiger partial charge in [0.2, 0.25) is 0 Å². The minimum Gasteiger partial charge on any atom is -0.355 e. The zero-order valence-corrected chi connectivity index (χ0v) is 19.4. The van der Waals surface area contributed by atoms with Gasteiger partial charge < -0.3 is 4.98 Å². The minimum atomic E-state index is 0.481. The molecule has 3 nitrogen and oxygen atoms in total. The van der Waals surface area contributed by atoms with Crippen LogP contribution in [0.15, 0.2) is 72.3 Å². The molecule has 8 bridgehead atoms. The smallest absolute Gasteiger partial charge is 0.0658 e. The van der Waals surface area contributed by atoms with E-state index in [2.05, 4.69) is 83.9 Å². The Morgan fingerprint density at radius 1 is 0.765 bits per heavy atom. The molecule has 3 aliphatic carbocycles. The Bertz CT molecular complexity index is 1440. The Morgan fingerprint density at radius 2 is 1.53 bits per heavy atom. The number of aromatic nitrogens is 3. The molecule has 168 valence electrons. The number of hydrogen-bond acceptors (Lipinski definition) is 2. The van der Waals surface area contributed by atoms with Crippen LogP contribution in [0.4, 0.5) is 0 Å². The lowest BCUT2D eigenvalue weighted by Crippen LogP contribution is -2.22. The zero-order chi connectivity index (χ0) is 22.5. The third-order valence-corrected chi connectivity index (χ3v) is 8.02. The summed E-state index contributed by atoms with van der Waals surface area (Å²) in [6, 6.07) is 18.0. The molecule has 5 aliphatic rings. The largest absolute Gasteiger partial charge is 0.355 e. The van der Waals surface area contributed by atoms with E-state index >= 15 is 0 Å². The normalized spacial score (nSPS) is 24.0. The van der Waals surface area contributed by atoms with Crippen molar-refractivity contribution in [3.05, 3.63) is 106 Å². The second-order valence-corrected chi connectivity index (χ2v) is 10.3. The molecular formula is C31H29N3. The Kier molecular flexibility index (Phi) is 4.75. The number of rotatable bonds is 0. The van der Waals surface area contributed by atoms with Crippen LogP contribution in [-0.4, -0.2) is 15.0 Å². The summed E-state index contributed by atoms with van der Waals surface area (Å²) >= 11 is 0. The number of hydrogen-bond donors (Lipinski definition) is 1. The van der Waals surface area contributed by atoms with E-state index in [1.165, 1.54) is 41.8 Å². The van der Waals surface area contributed by atoms with Gasteiger partial charge in [-0.3, -0.25) is 4.98 Å². The molecule has 0 radical (unpaired) electrons. The number of aromatic amines is 1. The zero-order valence-electron chi connectivity index (χ0n) is 19.4. The van der Waals surface area contributed by atoms with Gasteiger partial charge in [0, 0.05) is 34.3 Å². The maximum absolute atomic E-state index is 5.28. The fraction of sp³-hybridized carbons (Fsp3) is 0.290. The number of nitrogens with zero attached hydrogens (tertiary/aromatic N) is 2. The number of H-pyrrole nitrogens is 1. The predicted molar refractivity (Wildman–Crippen MR) is 139 cm³/mol. The standard InChI is InChI=1S/C31H29N3/c1-2-7-23-17-29-28(16-22(23)6-1)30-15-21-5-3-4-20(8-9-21)14-24-10-11-25(32-24)18-26-12-13-27(33-26)19-31(29)34-30/h1-2,6,8-15,18-19,23,28-29,32H,3-5,7,16-17H2/t23?,28-,29+/m1/s1.